The minimum absolute atomic E-state index is 0.0599. The minimum Gasteiger partial charge on any atom is -0.355 e. The van der Waals surface area contributed by atoms with Gasteiger partial charge in [0.05, 0.1) is 4.90 Å². The maximum Gasteiger partial charge on any atom is 0.261 e. The van der Waals surface area contributed by atoms with E-state index in [9.17, 15) is 13.2 Å². The molecule has 0 aliphatic rings. The molecule has 0 aliphatic carbocycles. The number of carbonyl (C=O) groups excluding carboxylic acids is 1. The van der Waals surface area contributed by atoms with Crippen molar-refractivity contribution in [1.29, 1.82) is 0 Å². The molecule has 2 aromatic carbocycles. The lowest BCUT2D eigenvalue weighted by molar-refractivity contribution is 0.0963. The van der Waals surface area contributed by atoms with Gasteiger partial charge in [-0.15, -0.1) is 0 Å². The zero-order valence-electron chi connectivity index (χ0n) is 11.4. The molecule has 0 aromatic heterocycles. The van der Waals surface area contributed by atoms with Crippen molar-refractivity contribution >= 4 is 44.8 Å². The standard InChI is InChI=1S/C14H12Cl2N2O3S/c1-17-14(19)9-3-2-4-12(5-9)18-22(20,21)13-7-10(15)6-11(16)8-13/h2-8,18H,1H3,(H,17,19). The molecule has 0 atom stereocenters. The van der Waals surface area contributed by atoms with Crippen molar-refractivity contribution in [1.82, 2.24) is 5.32 Å². The lowest BCUT2D eigenvalue weighted by atomic mass is 10.2. The quantitative estimate of drug-likeness (QED) is 0.881. The number of hydrogen-bond donors (Lipinski definition) is 2. The predicted octanol–water partition coefficient (Wildman–Crippen LogP) is 3.15. The van der Waals surface area contributed by atoms with Gasteiger partial charge in [-0.25, -0.2) is 8.42 Å². The first-order chi connectivity index (χ1) is 10.3. The molecule has 0 saturated heterocycles. The van der Waals surface area contributed by atoms with Crippen molar-refractivity contribution in [2.24, 2.45) is 0 Å². The number of halogens is 2. The van der Waals surface area contributed by atoms with Gasteiger partial charge in [0, 0.05) is 28.3 Å². The molecule has 1 amide bonds. The second-order valence-electron chi connectivity index (χ2n) is 4.37. The molecule has 2 rings (SSSR count). The highest BCUT2D eigenvalue weighted by Crippen LogP contribution is 2.24. The van der Waals surface area contributed by atoms with E-state index in [2.05, 4.69) is 10.0 Å². The molecule has 5 nitrogen and oxygen atoms in total. The Balaban J connectivity index is 2.34. The van der Waals surface area contributed by atoms with E-state index in [4.69, 9.17) is 23.2 Å². The van der Waals surface area contributed by atoms with Crippen LogP contribution < -0.4 is 10.0 Å². The molecule has 22 heavy (non-hydrogen) atoms. The first-order valence-electron chi connectivity index (χ1n) is 6.13. The van der Waals surface area contributed by atoms with Crippen LogP contribution in [0.5, 0.6) is 0 Å². The number of anilines is 1. The van der Waals surface area contributed by atoms with Gasteiger partial charge in [-0.3, -0.25) is 9.52 Å². The molecule has 0 aliphatic heterocycles. The van der Waals surface area contributed by atoms with Gasteiger partial charge in [0.1, 0.15) is 0 Å². The molecule has 0 radical (unpaired) electrons. The smallest absolute Gasteiger partial charge is 0.261 e. The Kier molecular flexibility index (Phi) is 4.95. The van der Waals surface area contributed by atoms with E-state index in [-0.39, 0.29) is 26.5 Å². The summed E-state index contributed by atoms with van der Waals surface area (Å²) >= 11 is 11.6. The monoisotopic (exact) mass is 358 g/mol. The molecule has 0 bridgehead atoms. The summed E-state index contributed by atoms with van der Waals surface area (Å²) in [5.41, 5.74) is 0.601. The van der Waals surface area contributed by atoms with Crippen molar-refractivity contribution in [3.63, 3.8) is 0 Å². The van der Waals surface area contributed by atoms with Gasteiger partial charge in [-0.1, -0.05) is 29.3 Å². The van der Waals surface area contributed by atoms with Gasteiger partial charge in [0.15, 0.2) is 0 Å². The lowest BCUT2D eigenvalue weighted by Crippen LogP contribution is -2.18. The predicted molar refractivity (Wildman–Crippen MR) is 87.1 cm³/mol. The first kappa shape index (κ1) is 16.6. The topological polar surface area (TPSA) is 75.3 Å². The number of nitrogens with one attached hydrogen (secondary N) is 2. The largest absolute Gasteiger partial charge is 0.355 e. The maximum absolute atomic E-state index is 12.3. The Morgan fingerprint density at radius 2 is 1.68 bits per heavy atom. The van der Waals surface area contributed by atoms with Crippen molar-refractivity contribution in [2.75, 3.05) is 11.8 Å². The second kappa shape index (κ2) is 6.56. The van der Waals surface area contributed by atoms with Crippen LogP contribution in [0.2, 0.25) is 10.0 Å². The SMILES string of the molecule is CNC(=O)c1cccc(NS(=O)(=O)c2cc(Cl)cc(Cl)c2)c1. The molecule has 0 spiro atoms. The lowest BCUT2D eigenvalue weighted by Gasteiger charge is -2.10. The van der Waals surface area contributed by atoms with Gasteiger partial charge < -0.3 is 5.32 Å². The Labute approximate surface area is 138 Å². The summed E-state index contributed by atoms with van der Waals surface area (Å²) in [7, 11) is -2.36. The summed E-state index contributed by atoms with van der Waals surface area (Å²) in [5, 5.41) is 2.90. The van der Waals surface area contributed by atoms with E-state index in [0.29, 0.717) is 5.56 Å². The van der Waals surface area contributed by atoms with Crippen LogP contribution in [0.3, 0.4) is 0 Å². The highest BCUT2D eigenvalue weighted by atomic mass is 35.5. The fraction of sp³-hybridized carbons (Fsp3) is 0.0714. The summed E-state index contributed by atoms with van der Waals surface area (Å²) in [5.74, 6) is -0.313. The summed E-state index contributed by atoms with van der Waals surface area (Å²) in [6.45, 7) is 0. The van der Waals surface area contributed by atoms with Gasteiger partial charge in [-0.2, -0.15) is 0 Å². The van der Waals surface area contributed by atoms with Crippen molar-refractivity contribution < 1.29 is 13.2 Å². The van der Waals surface area contributed by atoms with Crippen LogP contribution in [0.1, 0.15) is 10.4 Å². The van der Waals surface area contributed by atoms with Gasteiger partial charge in [0.2, 0.25) is 0 Å². The molecule has 0 heterocycles. The van der Waals surface area contributed by atoms with Crippen LogP contribution in [0.4, 0.5) is 5.69 Å². The maximum atomic E-state index is 12.3. The van der Waals surface area contributed by atoms with Crippen LogP contribution in [0.25, 0.3) is 0 Å². The van der Waals surface area contributed by atoms with Gasteiger partial charge in [-0.05, 0) is 36.4 Å². The molecule has 0 unspecified atom stereocenters. The number of carbonyl (C=O) groups is 1. The minimum atomic E-state index is -3.86. The molecular weight excluding hydrogens is 347 g/mol. The average Bonchev–Trinajstić information content (AvgIpc) is 2.45. The summed E-state index contributed by atoms with van der Waals surface area (Å²) in [6, 6.07) is 10.1. The summed E-state index contributed by atoms with van der Waals surface area (Å²) < 4.78 is 27.0. The average molecular weight is 359 g/mol. The fourth-order valence-electron chi connectivity index (χ4n) is 1.77. The van der Waals surface area contributed by atoms with E-state index < -0.39 is 10.0 Å². The van der Waals surface area contributed by atoms with E-state index in [1.807, 2.05) is 0 Å². The summed E-state index contributed by atoms with van der Waals surface area (Å²) in [4.78, 5) is 11.5. The van der Waals surface area contributed by atoms with Gasteiger partial charge >= 0.3 is 0 Å². The molecule has 2 aromatic rings. The van der Waals surface area contributed by atoms with E-state index in [1.54, 1.807) is 12.1 Å². The first-order valence-corrected chi connectivity index (χ1v) is 8.37. The third kappa shape index (κ3) is 3.91. The third-order valence-corrected chi connectivity index (χ3v) is 4.55. The summed E-state index contributed by atoms with van der Waals surface area (Å²) in [6.07, 6.45) is 0. The van der Waals surface area contributed by atoms with Crippen LogP contribution in [-0.4, -0.2) is 21.4 Å². The number of hydrogen-bond acceptors (Lipinski definition) is 3. The van der Waals surface area contributed by atoms with E-state index >= 15 is 0 Å². The van der Waals surface area contributed by atoms with Crippen molar-refractivity contribution in [3.8, 4) is 0 Å². The number of amides is 1. The Morgan fingerprint density at radius 1 is 1.05 bits per heavy atom. The van der Waals surface area contributed by atoms with Gasteiger partial charge in [0.25, 0.3) is 15.9 Å². The number of sulfonamides is 1. The zero-order chi connectivity index (χ0) is 16.3. The Morgan fingerprint density at radius 3 is 2.27 bits per heavy atom. The molecule has 2 N–H and O–H groups in total. The second-order valence-corrected chi connectivity index (χ2v) is 6.93. The van der Waals surface area contributed by atoms with Crippen LogP contribution in [0, 0.1) is 0 Å². The normalized spacial score (nSPS) is 11.0. The van der Waals surface area contributed by atoms with E-state index in [0.717, 1.165) is 0 Å². The van der Waals surface area contributed by atoms with Crippen molar-refractivity contribution in [3.05, 3.63) is 58.1 Å². The van der Waals surface area contributed by atoms with Crippen LogP contribution in [0.15, 0.2) is 47.4 Å². The molecule has 116 valence electrons. The van der Waals surface area contributed by atoms with Crippen LogP contribution >= 0.6 is 23.2 Å². The van der Waals surface area contributed by atoms with Crippen LogP contribution in [-0.2, 0) is 10.0 Å². The van der Waals surface area contributed by atoms with E-state index in [1.165, 1.54) is 37.4 Å². The highest BCUT2D eigenvalue weighted by molar-refractivity contribution is 7.92. The number of rotatable bonds is 4. The molecule has 0 saturated carbocycles. The molecular formula is C14H12Cl2N2O3S. The molecule has 0 fully saturated rings. The van der Waals surface area contributed by atoms with Crippen molar-refractivity contribution in [2.45, 2.75) is 4.90 Å². The highest BCUT2D eigenvalue weighted by Gasteiger charge is 2.16. The fourth-order valence-corrected chi connectivity index (χ4v) is 3.54. The third-order valence-electron chi connectivity index (χ3n) is 2.75. The molecule has 8 heteroatoms. The zero-order valence-corrected chi connectivity index (χ0v) is 13.8. The number of benzene rings is 2. The Bertz CT molecular complexity index is 802. The Hall–Kier alpha value is -1.76.